The number of nitrogens with zero attached hydrogens (tertiary/aromatic N) is 4. The van der Waals surface area contributed by atoms with Crippen LogP contribution in [0.5, 0.6) is 5.75 Å². The molecule has 0 atom stereocenters. The first-order valence-electron chi connectivity index (χ1n) is 11.0. The Morgan fingerprint density at radius 3 is 2.56 bits per heavy atom. The van der Waals surface area contributed by atoms with Crippen LogP contribution < -0.4 is 10.1 Å². The van der Waals surface area contributed by atoms with Gasteiger partial charge in [0.15, 0.2) is 18.1 Å². The zero-order valence-corrected chi connectivity index (χ0v) is 19.5. The second-order valence-electron chi connectivity index (χ2n) is 7.85. The Hall–Kier alpha value is -4.99. The minimum absolute atomic E-state index is 0.0674. The van der Waals surface area contributed by atoms with Crippen molar-refractivity contribution in [1.82, 2.24) is 20.2 Å². The number of para-hydroxylation sites is 1. The first-order chi connectivity index (χ1) is 17.5. The predicted octanol–water partition coefficient (Wildman–Crippen LogP) is 4.07. The number of nitrogens with one attached hydrogen (secondary N) is 1. The van der Waals surface area contributed by atoms with Gasteiger partial charge in [-0.2, -0.15) is 4.68 Å². The third-order valence-electron chi connectivity index (χ3n) is 5.47. The fraction of sp³-hybridized carbons (Fsp3) is 0.115. The number of rotatable bonds is 7. The number of amides is 1. The van der Waals surface area contributed by atoms with Crippen molar-refractivity contribution in [2.24, 2.45) is 0 Å². The molecule has 0 aliphatic rings. The van der Waals surface area contributed by atoms with E-state index in [2.05, 4.69) is 20.8 Å². The molecule has 0 fully saturated rings. The first-order valence-corrected chi connectivity index (χ1v) is 11.0. The number of aromatic nitrogens is 4. The quantitative estimate of drug-likeness (QED) is 0.272. The van der Waals surface area contributed by atoms with Crippen molar-refractivity contribution in [3.63, 3.8) is 0 Å². The zero-order valence-electron chi connectivity index (χ0n) is 19.5. The second kappa shape index (κ2) is 9.71. The van der Waals surface area contributed by atoms with E-state index in [-0.39, 0.29) is 5.70 Å². The Kier molecular flexibility index (Phi) is 6.14. The largest absolute Gasteiger partial charge is 0.495 e. The van der Waals surface area contributed by atoms with Gasteiger partial charge in [0.1, 0.15) is 16.9 Å². The van der Waals surface area contributed by atoms with Crippen LogP contribution in [0.15, 0.2) is 71.1 Å². The smallest absolute Gasteiger partial charge is 0.357 e. The van der Waals surface area contributed by atoms with E-state index < -0.39 is 18.5 Å². The van der Waals surface area contributed by atoms with Crippen molar-refractivity contribution in [2.75, 3.05) is 19.0 Å². The molecular weight excluding hydrogens is 462 g/mol. The van der Waals surface area contributed by atoms with E-state index >= 15 is 0 Å². The molecule has 36 heavy (non-hydrogen) atoms. The Bertz CT molecular complexity index is 1600. The maximum atomic E-state index is 12.9. The molecule has 180 valence electrons. The lowest BCUT2D eigenvalue weighted by Crippen LogP contribution is -2.23. The summed E-state index contributed by atoms with van der Waals surface area (Å²) in [6, 6.07) is 20.3. The fourth-order valence-electron chi connectivity index (χ4n) is 3.78. The number of hydrogen-bond donors (Lipinski definition) is 1. The van der Waals surface area contributed by atoms with E-state index in [0.29, 0.717) is 22.8 Å². The van der Waals surface area contributed by atoms with Crippen molar-refractivity contribution in [3.05, 3.63) is 78.1 Å². The van der Waals surface area contributed by atoms with Crippen LogP contribution in [-0.4, -0.2) is 45.8 Å². The van der Waals surface area contributed by atoms with E-state index in [1.165, 1.54) is 11.8 Å². The summed E-state index contributed by atoms with van der Waals surface area (Å²) < 4.78 is 17.9. The van der Waals surface area contributed by atoms with E-state index in [0.717, 1.165) is 21.9 Å². The highest BCUT2D eigenvalue weighted by molar-refractivity contribution is 6.16. The van der Waals surface area contributed by atoms with Crippen LogP contribution in [0, 0.1) is 6.92 Å². The lowest BCUT2D eigenvalue weighted by atomic mass is 10.1. The number of carbonyl (C=O) groups excluding carboxylic acids is 2. The van der Waals surface area contributed by atoms with Gasteiger partial charge >= 0.3 is 5.97 Å². The highest BCUT2D eigenvalue weighted by Gasteiger charge is 2.20. The number of furan rings is 1. The standard InChI is InChI=1S/C26H21N5O5/c1-16-28-29-30-31(16)21(12-17-8-4-3-5-9-17)26(33)35-15-25(32)27-20-14-23-19(13-24(20)34-2)18-10-6-7-11-22(18)36-23/h3-14H,15H2,1-2H3,(H,27,32)/b21-12-. The molecule has 10 heteroatoms. The molecule has 0 saturated heterocycles. The highest BCUT2D eigenvalue weighted by Crippen LogP contribution is 2.36. The molecule has 2 heterocycles. The van der Waals surface area contributed by atoms with Crippen molar-refractivity contribution in [1.29, 1.82) is 0 Å². The summed E-state index contributed by atoms with van der Waals surface area (Å²) >= 11 is 0. The summed E-state index contributed by atoms with van der Waals surface area (Å²) in [5.41, 5.74) is 2.51. The maximum Gasteiger partial charge on any atom is 0.357 e. The summed E-state index contributed by atoms with van der Waals surface area (Å²) in [7, 11) is 1.51. The van der Waals surface area contributed by atoms with Crippen LogP contribution >= 0.6 is 0 Å². The van der Waals surface area contributed by atoms with Crippen molar-refractivity contribution < 1.29 is 23.5 Å². The molecule has 5 rings (SSSR count). The van der Waals surface area contributed by atoms with E-state index in [4.69, 9.17) is 13.9 Å². The van der Waals surface area contributed by atoms with Crippen LogP contribution in [0.2, 0.25) is 0 Å². The van der Waals surface area contributed by atoms with Crippen LogP contribution in [0.1, 0.15) is 11.4 Å². The van der Waals surface area contributed by atoms with E-state index in [1.807, 2.05) is 54.6 Å². The highest BCUT2D eigenvalue weighted by atomic mass is 16.5. The van der Waals surface area contributed by atoms with Crippen LogP contribution in [0.4, 0.5) is 5.69 Å². The zero-order chi connectivity index (χ0) is 25.1. The molecular formula is C26H21N5O5. The average molecular weight is 483 g/mol. The Morgan fingerprint density at radius 1 is 1.03 bits per heavy atom. The van der Waals surface area contributed by atoms with Crippen LogP contribution in [0.3, 0.4) is 0 Å². The van der Waals surface area contributed by atoms with Crippen molar-refractivity contribution in [2.45, 2.75) is 6.92 Å². The number of aryl methyl sites for hydroxylation is 1. The molecule has 3 aromatic carbocycles. The molecule has 0 saturated carbocycles. The number of anilines is 1. The number of ether oxygens (including phenoxy) is 2. The average Bonchev–Trinajstić information content (AvgIpc) is 3.48. The number of hydrogen-bond acceptors (Lipinski definition) is 8. The molecule has 0 unspecified atom stereocenters. The number of benzene rings is 3. The minimum atomic E-state index is -0.760. The predicted molar refractivity (Wildman–Crippen MR) is 133 cm³/mol. The Morgan fingerprint density at radius 2 is 1.81 bits per heavy atom. The van der Waals surface area contributed by atoms with Gasteiger partial charge in [-0.15, -0.1) is 5.10 Å². The molecule has 10 nitrogen and oxygen atoms in total. The lowest BCUT2D eigenvalue weighted by molar-refractivity contribution is -0.141. The van der Waals surface area contributed by atoms with Crippen LogP contribution in [-0.2, 0) is 14.3 Å². The molecule has 0 aliphatic heterocycles. The monoisotopic (exact) mass is 483 g/mol. The number of carbonyl (C=O) groups is 2. The fourth-order valence-corrected chi connectivity index (χ4v) is 3.78. The van der Waals surface area contributed by atoms with Gasteiger partial charge in [-0.25, -0.2) is 4.79 Å². The molecule has 0 radical (unpaired) electrons. The minimum Gasteiger partial charge on any atom is -0.495 e. The molecule has 2 aromatic heterocycles. The summed E-state index contributed by atoms with van der Waals surface area (Å²) in [5.74, 6) is -0.473. The Labute approximate surface area is 205 Å². The van der Waals surface area contributed by atoms with Crippen molar-refractivity contribution >= 4 is 51.3 Å². The van der Waals surface area contributed by atoms with Gasteiger partial charge in [0.05, 0.1) is 12.8 Å². The van der Waals surface area contributed by atoms with Gasteiger partial charge in [-0.05, 0) is 41.1 Å². The lowest BCUT2D eigenvalue weighted by Gasteiger charge is -2.12. The third-order valence-corrected chi connectivity index (χ3v) is 5.47. The van der Waals surface area contributed by atoms with Crippen molar-refractivity contribution in [3.8, 4) is 5.75 Å². The molecule has 0 spiro atoms. The summed E-state index contributed by atoms with van der Waals surface area (Å²) in [4.78, 5) is 25.6. The third kappa shape index (κ3) is 4.51. The second-order valence-corrected chi connectivity index (χ2v) is 7.85. The van der Waals surface area contributed by atoms with Crippen LogP contribution in [0.25, 0.3) is 33.7 Å². The van der Waals surface area contributed by atoms with E-state index in [1.54, 1.807) is 25.1 Å². The number of methoxy groups -OCH3 is 1. The molecule has 1 amide bonds. The van der Waals surface area contributed by atoms with E-state index in [9.17, 15) is 9.59 Å². The first kappa shape index (κ1) is 22.8. The number of esters is 1. The topological polar surface area (TPSA) is 121 Å². The maximum absolute atomic E-state index is 12.9. The van der Waals surface area contributed by atoms with Gasteiger partial charge < -0.3 is 19.2 Å². The van der Waals surface area contributed by atoms with Gasteiger partial charge in [-0.1, -0.05) is 48.5 Å². The van der Waals surface area contributed by atoms with Gasteiger partial charge in [0, 0.05) is 16.8 Å². The molecule has 5 aromatic rings. The molecule has 0 bridgehead atoms. The van der Waals surface area contributed by atoms with Gasteiger partial charge in [0.25, 0.3) is 5.91 Å². The normalized spacial score (nSPS) is 11.6. The molecule has 0 aliphatic carbocycles. The van der Waals surface area contributed by atoms with Gasteiger partial charge in [-0.3, -0.25) is 4.79 Å². The number of fused-ring (bicyclic) bond motifs is 3. The summed E-state index contributed by atoms with van der Waals surface area (Å²) in [6.45, 7) is 1.12. The molecule has 1 N–H and O–H groups in total. The number of tetrazole rings is 1. The SMILES string of the molecule is COc1cc2c(cc1NC(=O)COC(=O)/C(=C/c1ccccc1)n1nnnc1C)oc1ccccc12. The summed E-state index contributed by atoms with van der Waals surface area (Å²) in [5, 5.41) is 15.8. The van der Waals surface area contributed by atoms with Gasteiger partial charge in [0.2, 0.25) is 0 Å². The Balaban J connectivity index is 1.34. The summed E-state index contributed by atoms with van der Waals surface area (Å²) in [6.07, 6.45) is 1.59.